The van der Waals surface area contributed by atoms with Crippen LogP contribution < -0.4 is 15.4 Å². The largest absolute Gasteiger partial charge is 0.483 e. The fourth-order valence-electron chi connectivity index (χ4n) is 1.85. The maximum absolute atomic E-state index is 11.9. The monoisotopic (exact) mass is 484 g/mol. The molecule has 25 heavy (non-hydrogen) atoms. The first-order valence-corrected chi connectivity index (χ1v) is 9.14. The van der Waals surface area contributed by atoms with Crippen molar-refractivity contribution in [3.63, 3.8) is 0 Å². The molecule has 0 saturated heterocycles. The number of carbonyl (C=O) groups excluding carboxylic acids is 2. The molecule has 130 valence electrons. The fourth-order valence-corrected chi connectivity index (χ4v) is 3.24. The molecule has 5 nitrogen and oxygen atoms in total. The van der Waals surface area contributed by atoms with Gasteiger partial charge in [-0.2, -0.15) is 0 Å². The van der Waals surface area contributed by atoms with Gasteiger partial charge in [0.1, 0.15) is 5.75 Å². The van der Waals surface area contributed by atoms with E-state index in [1.807, 2.05) is 12.1 Å². The van der Waals surface area contributed by atoms with Gasteiger partial charge in [-0.05, 0) is 77.5 Å². The normalized spacial score (nSPS) is 10.0. The number of carbonyl (C=O) groups is 2. The predicted octanol–water partition coefficient (Wildman–Crippen LogP) is 4.31. The average Bonchev–Trinajstić information content (AvgIpc) is 2.54. The van der Waals surface area contributed by atoms with Gasteiger partial charge in [-0.15, -0.1) is 0 Å². The van der Waals surface area contributed by atoms with Gasteiger partial charge in [-0.1, -0.05) is 15.9 Å². The number of halogens is 2. The van der Waals surface area contributed by atoms with Crippen LogP contribution >= 0.6 is 44.1 Å². The molecular formula is C17H14Br2N2O3S. The lowest BCUT2D eigenvalue weighted by Crippen LogP contribution is -2.37. The molecule has 0 radical (unpaired) electrons. The second-order valence-corrected chi connectivity index (χ2v) is 7.18. The van der Waals surface area contributed by atoms with Gasteiger partial charge in [0.05, 0.1) is 4.47 Å². The highest BCUT2D eigenvalue weighted by molar-refractivity contribution is 9.11. The third-order valence-electron chi connectivity index (χ3n) is 3.05. The van der Waals surface area contributed by atoms with Crippen LogP contribution in [0.3, 0.4) is 0 Å². The van der Waals surface area contributed by atoms with E-state index in [-0.39, 0.29) is 23.4 Å². The first-order valence-electron chi connectivity index (χ1n) is 7.15. The van der Waals surface area contributed by atoms with Gasteiger partial charge in [0.2, 0.25) is 0 Å². The van der Waals surface area contributed by atoms with E-state index >= 15 is 0 Å². The van der Waals surface area contributed by atoms with E-state index < -0.39 is 0 Å². The van der Waals surface area contributed by atoms with Crippen LogP contribution in [0.15, 0.2) is 51.4 Å². The molecule has 0 aliphatic heterocycles. The minimum atomic E-state index is -0.382. The number of hydrogen-bond acceptors (Lipinski definition) is 4. The predicted molar refractivity (Wildman–Crippen MR) is 108 cm³/mol. The summed E-state index contributed by atoms with van der Waals surface area (Å²) in [6.45, 7) is 1.32. The molecule has 0 aromatic heterocycles. The molecular weight excluding hydrogens is 472 g/mol. The summed E-state index contributed by atoms with van der Waals surface area (Å²) in [7, 11) is 0. The molecule has 0 bridgehead atoms. The van der Waals surface area contributed by atoms with Crippen molar-refractivity contribution < 1.29 is 14.3 Å². The highest BCUT2D eigenvalue weighted by Gasteiger charge is 2.08. The van der Waals surface area contributed by atoms with Crippen molar-refractivity contribution in [2.24, 2.45) is 0 Å². The Morgan fingerprint density at radius 3 is 2.40 bits per heavy atom. The van der Waals surface area contributed by atoms with Gasteiger partial charge in [-0.3, -0.25) is 14.9 Å². The lowest BCUT2D eigenvalue weighted by Gasteiger charge is -2.11. The third kappa shape index (κ3) is 6.22. The molecule has 0 aliphatic rings. The quantitative estimate of drug-likeness (QED) is 0.488. The number of nitrogens with one attached hydrogen (secondary N) is 2. The fraction of sp³-hybridized carbons (Fsp3) is 0.118. The Kier molecular flexibility index (Phi) is 7.10. The second kappa shape index (κ2) is 9.07. The van der Waals surface area contributed by atoms with E-state index in [0.717, 1.165) is 8.95 Å². The lowest BCUT2D eigenvalue weighted by molar-refractivity contribution is -0.121. The van der Waals surface area contributed by atoms with Gasteiger partial charge >= 0.3 is 0 Å². The maximum Gasteiger partial charge on any atom is 0.264 e. The Morgan fingerprint density at radius 2 is 1.80 bits per heavy atom. The number of ketones is 1. The highest BCUT2D eigenvalue weighted by atomic mass is 79.9. The zero-order chi connectivity index (χ0) is 18.4. The highest BCUT2D eigenvalue weighted by Crippen LogP contribution is 2.28. The second-order valence-electron chi connectivity index (χ2n) is 5.00. The SMILES string of the molecule is CC(=O)c1ccc(NC(=S)NC(=O)COc2ccc(Br)cc2Br)cc1. The summed E-state index contributed by atoms with van der Waals surface area (Å²) in [5.74, 6) is 0.156. The van der Waals surface area contributed by atoms with Crippen molar-refractivity contribution >= 4 is 66.6 Å². The Morgan fingerprint density at radius 1 is 1.12 bits per heavy atom. The summed E-state index contributed by atoms with van der Waals surface area (Å²) >= 11 is 11.8. The minimum Gasteiger partial charge on any atom is -0.483 e. The summed E-state index contributed by atoms with van der Waals surface area (Å²) in [6.07, 6.45) is 0. The van der Waals surface area contributed by atoms with Crippen LogP contribution in [-0.4, -0.2) is 23.4 Å². The molecule has 0 heterocycles. The molecule has 0 spiro atoms. The van der Waals surface area contributed by atoms with Crippen LogP contribution in [-0.2, 0) is 4.79 Å². The van der Waals surface area contributed by atoms with E-state index in [4.69, 9.17) is 17.0 Å². The Bertz CT molecular complexity index is 810. The first kappa shape index (κ1) is 19.6. The number of thiocarbonyl (C=S) groups is 1. The van der Waals surface area contributed by atoms with Crippen molar-refractivity contribution in [3.8, 4) is 5.75 Å². The van der Waals surface area contributed by atoms with Crippen molar-refractivity contribution in [2.45, 2.75) is 6.92 Å². The number of benzene rings is 2. The van der Waals surface area contributed by atoms with E-state index in [1.54, 1.807) is 30.3 Å². The number of ether oxygens (including phenoxy) is 1. The van der Waals surface area contributed by atoms with E-state index in [1.165, 1.54) is 6.92 Å². The molecule has 0 atom stereocenters. The Balaban J connectivity index is 1.83. The zero-order valence-electron chi connectivity index (χ0n) is 13.1. The molecule has 0 saturated carbocycles. The van der Waals surface area contributed by atoms with Crippen LogP contribution in [0.1, 0.15) is 17.3 Å². The molecule has 0 unspecified atom stereocenters. The van der Waals surface area contributed by atoms with Gasteiger partial charge in [0, 0.05) is 15.7 Å². The number of rotatable bonds is 5. The molecule has 2 rings (SSSR count). The lowest BCUT2D eigenvalue weighted by atomic mass is 10.1. The molecule has 1 amide bonds. The molecule has 2 aromatic carbocycles. The molecule has 2 N–H and O–H groups in total. The third-order valence-corrected chi connectivity index (χ3v) is 4.37. The van der Waals surface area contributed by atoms with Crippen LogP contribution in [0.2, 0.25) is 0 Å². The van der Waals surface area contributed by atoms with Crippen LogP contribution in [0.25, 0.3) is 0 Å². The molecule has 2 aromatic rings. The summed E-state index contributed by atoms with van der Waals surface area (Å²) in [6, 6.07) is 12.2. The van der Waals surface area contributed by atoms with Crippen molar-refractivity contribution in [2.75, 3.05) is 11.9 Å². The van der Waals surface area contributed by atoms with Gasteiger partial charge in [-0.25, -0.2) is 0 Å². The zero-order valence-corrected chi connectivity index (χ0v) is 17.1. The molecule has 0 aliphatic carbocycles. The summed E-state index contributed by atoms with van der Waals surface area (Å²) in [4.78, 5) is 23.1. The van der Waals surface area contributed by atoms with Crippen molar-refractivity contribution in [1.29, 1.82) is 0 Å². The summed E-state index contributed by atoms with van der Waals surface area (Å²) in [5.41, 5.74) is 1.28. The average molecular weight is 486 g/mol. The van der Waals surface area contributed by atoms with Gasteiger partial charge in [0.15, 0.2) is 17.5 Å². The van der Waals surface area contributed by atoms with Crippen molar-refractivity contribution in [1.82, 2.24) is 5.32 Å². The molecule has 8 heteroatoms. The first-order chi connectivity index (χ1) is 11.8. The van der Waals surface area contributed by atoms with E-state index in [9.17, 15) is 9.59 Å². The summed E-state index contributed by atoms with van der Waals surface area (Å²) < 4.78 is 7.08. The minimum absolute atomic E-state index is 0.0151. The van der Waals surface area contributed by atoms with E-state index in [2.05, 4.69) is 42.5 Å². The number of amides is 1. The van der Waals surface area contributed by atoms with Crippen molar-refractivity contribution in [3.05, 3.63) is 57.0 Å². The van der Waals surface area contributed by atoms with Crippen LogP contribution in [0.5, 0.6) is 5.75 Å². The smallest absolute Gasteiger partial charge is 0.264 e. The van der Waals surface area contributed by atoms with Gasteiger partial charge < -0.3 is 10.1 Å². The maximum atomic E-state index is 11.9. The molecule has 0 fully saturated rings. The Labute approximate surface area is 167 Å². The standard InChI is InChI=1S/C17H14Br2N2O3S/c1-10(22)11-2-5-13(6-3-11)20-17(25)21-16(23)9-24-15-7-4-12(18)8-14(15)19/h2-8H,9H2,1H3,(H2,20,21,23,25). The number of anilines is 1. The van der Waals surface area contributed by atoms with E-state index in [0.29, 0.717) is 17.0 Å². The number of hydrogen-bond donors (Lipinski definition) is 2. The topological polar surface area (TPSA) is 67.4 Å². The number of Topliss-reactive ketones (excluding diaryl/α,β-unsaturated/α-hetero) is 1. The summed E-state index contributed by atoms with van der Waals surface area (Å²) in [5, 5.41) is 5.56. The Hall–Kier alpha value is -1.77. The van der Waals surface area contributed by atoms with Crippen LogP contribution in [0, 0.1) is 0 Å². The van der Waals surface area contributed by atoms with Crippen LogP contribution in [0.4, 0.5) is 5.69 Å². The van der Waals surface area contributed by atoms with Gasteiger partial charge in [0.25, 0.3) is 5.91 Å².